The summed E-state index contributed by atoms with van der Waals surface area (Å²) in [4.78, 5) is 0. The van der Waals surface area contributed by atoms with Crippen molar-refractivity contribution in [3.63, 3.8) is 0 Å². The molecule has 27 heavy (non-hydrogen) atoms. The van der Waals surface area contributed by atoms with Crippen molar-refractivity contribution in [3.8, 4) is 0 Å². The number of halogens is 2. The molecule has 0 aromatic heterocycles. The van der Waals surface area contributed by atoms with Gasteiger partial charge in [0.05, 0.1) is 5.41 Å². The highest BCUT2D eigenvalue weighted by atomic mass is 19.1. The summed E-state index contributed by atoms with van der Waals surface area (Å²) in [5, 5.41) is 0. The van der Waals surface area contributed by atoms with Gasteiger partial charge in [0.2, 0.25) is 0 Å². The van der Waals surface area contributed by atoms with E-state index in [2.05, 4.69) is 0 Å². The van der Waals surface area contributed by atoms with Gasteiger partial charge in [0.15, 0.2) is 0 Å². The minimum atomic E-state index is -0.970. The molecule has 0 amide bonds. The Bertz CT molecular complexity index is 1070. The quantitative estimate of drug-likeness (QED) is 0.485. The van der Waals surface area contributed by atoms with Crippen LogP contribution in [0.1, 0.15) is 56.9 Å². The van der Waals surface area contributed by atoms with Gasteiger partial charge >= 0.3 is 0 Å². The summed E-state index contributed by atoms with van der Waals surface area (Å²) in [5.41, 5.74) is 2.86. The predicted molar refractivity (Wildman–Crippen MR) is 106 cm³/mol. The number of hydrogen-bond donors (Lipinski definition) is 0. The fraction of sp³-hybridized carbons (Fsp3) is 0.360. The van der Waals surface area contributed by atoms with Crippen LogP contribution in [0.5, 0.6) is 0 Å². The molecule has 0 radical (unpaired) electrons. The Kier molecular flexibility index (Phi) is 3.00. The fourth-order valence-corrected chi connectivity index (χ4v) is 6.21. The molecule has 2 heteroatoms. The zero-order chi connectivity index (χ0) is 19.4. The third-order valence-electron chi connectivity index (χ3n) is 7.39. The zero-order valence-electron chi connectivity index (χ0n) is 16.5. The Hall–Kier alpha value is -2.22. The first-order valence-electron chi connectivity index (χ1n) is 9.65. The normalized spacial score (nSPS) is 29.4. The molecule has 0 spiro atoms. The molecule has 0 nitrogen and oxygen atoms in total. The first kappa shape index (κ1) is 16.9. The average Bonchev–Trinajstić information content (AvgIpc) is 2.98. The van der Waals surface area contributed by atoms with Gasteiger partial charge in [-0.15, -0.1) is 0 Å². The van der Waals surface area contributed by atoms with Crippen molar-refractivity contribution in [3.05, 3.63) is 88.0 Å². The minimum Gasteiger partial charge on any atom is -0.211 e. The second-order valence-electron chi connectivity index (χ2n) is 9.49. The summed E-state index contributed by atoms with van der Waals surface area (Å²) in [7, 11) is 0. The smallest absolute Gasteiger partial charge is 0.116 e. The molecule has 0 aliphatic heterocycles. The summed E-state index contributed by atoms with van der Waals surface area (Å²) in [5.74, 6) is -0.862. The van der Waals surface area contributed by atoms with E-state index < -0.39 is 22.2 Å². The van der Waals surface area contributed by atoms with Crippen molar-refractivity contribution >= 4 is 5.57 Å². The van der Waals surface area contributed by atoms with Gasteiger partial charge in [-0.1, -0.05) is 76.2 Å². The number of benzene rings is 2. The van der Waals surface area contributed by atoms with Gasteiger partial charge in [0.25, 0.3) is 0 Å². The maximum Gasteiger partial charge on any atom is 0.116 e. The SMILES string of the molecule is CC1(C)C2=C(F)C3(C)c4ccccc4C(C)(C)C3C(F)=C2c2ccccc21. The van der Waals surface area contributed by atoms with E-state index in [4.69, 9.17) is 0 Å². The van der Waals surface area contributed by atoms with Crippen molar-refractivity contribution in [2.75, 3.05) is 0 Å². The van der Waals surface area contributed by atoms with E-state index in [9.17, 15) is 0 Å². The van der Waals surface area contributed by atoms with Crippen LogP contribution in [0.3, 0.4) is 0 Å². The molecule has 0 heterocycles. The molecular weight excluding hydrogens is 338 g/mol. The predicted octanol–water partition coefficient (Wildman–Crippen LogP) is 6.76. The largest absolute Gasteiger partial charge is 0.211 e. The molecule has 3 aliphatic rings. The molecule has 0 bridgehead atoms. The minimum absolute atomic E-state index is 0.159. The molecule has 2 atom stereocenters. The Balaban J connectivity index is 1.93. The molecule has 5 rings (SSSR count). The summed E-state index contributed by atoms with van der Waals surface area (Å²) in [6.07, 6.45) is 0. The highest BCUT2D eigenvalue weighted by Crippen LogP contribution is 2.68. The van der Waals surface area contributed by atoms with Crippen LogP contribution < -0.4 is 0 Å². The fourth-order valence-electron chi connectivity index (χ4n) is 6.21. The molecule has 3 aliphatic carbocycles. The lowest BCUT2D eigenvalue weighted by Gasteiger charge is -2.42. The first-order chi connectivity index (χ1) is 12.6. The van der Waals surface area contributed by atoms with Crippen LogP contribution in [0.25, 0.3) is 5.57 Å². The Morgan fingerprint density at radius 1 is 0.741 bits per heavy atom. The molecular formula is C25H24F2. The van der Waals surface area contributed by atoms with Crippen LogP contribution in [-0.2, 0) is 16.2 Å². The van der Waals surface area contributed by atoms with E-state index in [0.29, 0.717) is 11.1 Å². The molecule has 0 saturated carbocycles. The van der Waals surface area contributed by atoms with Crippen LogP contribution >= 0.6 is 0 Å². The highest BCUT2D eigenvalue weighted by molar-refractivity contribution is 5.93. The van der Waals surface area contributed by atoms with Crippen LogP contribution in [0, 0.1) is 5.92 Å². The second-order valence-corrected chi connectivity index (χ2v) is 9.49. The first-order valence-corrected chi connectivity index (χ1v) is 9.65. The highest BCUT2D eigenvalue weighted by Gasteiger charge is 2.63. The lowest BCUT2D eigenvalue weighted by Crippen LogP contribution is -2.41. The van der Waals surface area contributed by atoms with Crippen LogP contribution in [0.15, 0.2) is 65.8 Å². The molecule has 0 saturated heterocycles. The van der Waals surface area contributed by atoms with Crippen molar-refractivity contribution < 1.29 is 8.78 Å². The van der Waals surface area contributed by atoms with E-state index >= 15 is 8.78 Å². The van der Waals surface area contributed by atoms with Crippen LogP contribution in [-0.4, -0.2) is 0 Å². The number of fused-ring (bicyclic) bond motifs is 6. The van der Waals surface area contributed by atoms with Gasteiger partial charge in [-0.3, -0.25) is 0 Å². The number of rotatable bonds is 0. The van der Waals surface area contributed by atoms with Crippen LogP contribution in [0.2, 0.25) is 0 Å². The van der Waals surface area contributed by atoms with E-state index in [1.807, 2.05) is 83.1 Å². The van der Waals surface area contributed by atoms with Crippen molar-refractivity contribution in [2.45, 2.75) is 50.9 Å². The third kappa shape index (κ3) is 1.69. The molecule has 2 aromatic rings. The van der Waals surface area contributed by atoms with E-state index in [1.54, 1.807) is 0 Å². The number of hydrogen-bond acceptors (Lipinski definition) is 0. The van der Waals surface area contributed by atoms with Gasteiger partial charge in [0, 0.05) is 27.9 Å². The lowest BCUT2D eigenvalue weighted by atomic mass is 9.61. The van der Waals surface area contributed by atoms with Crippen molar-refractivity contribution in [1.82, 2.24) is 0 Å². The van der Waals surface area contributed by atoms with E-state index in [0.717, 1.165) is 22.3 Å². The van der Waals surface area contributed by atoms with Crippen molar-refractivity contribution in [2.24, 2.45) is 5.92 Å². The zero-order valence-corrected chi connectivity index (χ0v) is 16.5. The average molecular weight is 362 g/mol. The molecule has 138 valence electrons. The Labute approximate surface area is 159 Å². The monoisotopic (exact) mass is 362 g/mol. The third-order valence-corrected chi connectivity index (χ3v) is 7.39. The molecule has 0 N–H and O–H groups in total. The Morgan fingerprint density at radius 2 is 1.30 bits per heavy atom. The molecule has 2 aromatic carbocycles. The maximum absolute atomic E-state index is 16.4. The standard InChI is InChI=1S/C25H24F2/c1-23(2)15-11-7-6-10-14(15)18-19(23)22(27)25(5)17-13-9-8-12-16(17)24(3,4)21(25)20(18)26/h6-13,21H,1-5H3. The summed E-state index contributed by atoms with van der Waals surface area (Å²) < 4.78 is 32.7. The van der Waals surface area contributed by atoms with E-state index in [1.165, 1.54) is 0 Å². The number of allylic oxidation sites excluding steroid dienone is 4. The van der Waals surface area contributed by atoms with E-state index in [-0.39, 0.29) is 11.7 Å². The molecule has 2 unspecified atom stereocenters. The van der Waals surface area contributed by atoms with Crippen molar-refractivity contribution in [1.29, 1.82) is 0 Å². The summed E-state index contributed by atoms with van der Waals surface area (Å²) >= 11 is 0. The van der Waals surface area contributed by atoms with Crippen LogP contribution in [0.4, 0.5) is 8.78 Å². The Morgan fingerprint density at radius 3 is 1.96 bits per heavy atom. The van der Waals surface area contributed by atoms with Gasteiger partial charge in [-0.05, 0) is 29.2 Å². The lowest BCUT2D eigenvalue weighted by molar-refractivity contribution is 0.221. The van der Waals surface area contributed by atoms with Gasteiger partial charge in [-0.25, -0.2) is 8.78 Å². The van der Waals surface area contributed by atoms with Gasteiger partial charge < -0.3 is 0 Å². The van der Waals surface area contributed by atoms with Gasteiger partial charge in [-0.2, -0.15) is 0 Å². The summed E-state index contributed by atoms with van der Waals surface area (Å²) in [6.45, 7) is 10.0. The summed E-state index contributed by atoms with van der Waals surface area (Å²) in [6, 6.07) is 15.7. The molecule has 0 fully saturated rings. The maximum atomic E-state index is 16.4. The topological polar surface area (TPSA) is 0 Å². The second kappa shape index (κ2) is 4.79. The van der Waals surface area contributed by atoms with Gasteiger partial charge in [0.1, 0.15) is 11.7 Å².